The van der Waals surface area contributed by atoms with Crippen LogP contribution in [0.5, 0.6) is 0 Å². The lowest BCUT2D eigenvalue weighted by Crippen LogP contribution is -2.10. The number of amides is 1. The predicted octanol–water partition coefficient (Wildman–Crippen LogP) is 2.56. The van der Waals surface area contributed by atoms with Crippen molar-refractivity contribution in [3.8, 4) is 0 Å². The van der Waals surface area contributed by atoms with Gasteiger partial charge in [0.2, 0.25) is 0 Å². The van der Waals surface area contributed by atoms with Crippen LogP contribution in [0.1, 0.15) is 15.9 Å². The third-order valence-corrected chi connectivity index (χ3v) is 2.88. The van der Waals surface area contributed by atoms with Crippen molar-refractivity contribution in [1.29, 1.82) is 0 Å². The molecule has 62 valence electrons. The van der Waals surface area contributed by atoms with E-state index in [9.17, 15) is 4.79 Å². The van der Waals surface area contributed by atoms with E-state index in [1.165, 1.54) is 4.42 Å². The maximum Gasteiger partial charge on any atom is 0.268 e. The van der Waals surface area contributed by atoms with Crippen LogP contribution in [0.15, 0.2) is 22.7 Å². The van der Waals surface area contributed by atoms with Crippen molar-refractivity contribution in [3.63, 3.8) is 0 Å². The normalized spacial score (nSPS) is 15.2. The molecule has 2 rings (SSSR count). The topological polar surface area (TPSA) is 20.3 Å². The van der Waals surface area contributed by atoms with Crippen LogP contribution < -0.4 is 0 Å². The molecule has 0 aliphatic carbocycles. The molecule has 0 aromatic heterocycles. The molecule has 4 heteroatoms. The Morgan fingerprint density at radius 3 is 2.92 bits per heavy atom. The zero-order valence-electron chi connectivity index (χ0n) is 6.05. The summed E-state index contributed by atoms with van der Waals surface area (Å²) >= 11 is 9.03. The molecule has 0 unspecified atom stereocenters. The predicted molar refractivity (Wildman–Crippen MR) is 49.9 cm³/mol. The zero-order chi connectivity index (χ0) is 8.72. The zero-order valence-corrected chi connectivity index (χ0v) is 8.39. The van der Waals surface area contributed by atoms with Crippen molar-refractivity contribution in [2.45, 2.75) is 6.54 Å². The van der Waals surface area contributed by atoms with Crippen LogP contribution in [0.3, 0.4) is 0 Å². The Bertz CT molecular complexity index is 353. The number of benzene rings is 1. The van der Waals surface area contributed by atoms with Crippen LogP contribution in [0.4, 0.5) is 0 Å². The number of carbonyl (C=O) groups excluding carboxylic acids is 1. The molecule has 0 saturated heterocycles. The summed E-state index contributed by atoms with van der Waals surface area (Å²) in [6, 6.07) is 5.52. The quantitative estimate of drug-likeness (QED) is 0.644. The molecule has 12 heavy (non-hydrogen) atoms. The van der Waals surface area contributed by atoms with Crippen molar-refractivity contribution in [3.05, 3.63) is 33.8 Å². The van der Waals surface area contributed by atoms with Gasteiger partial charge in [-0.25, -0.2) is 4.42 Å². The minimum atomic E-state index is -0.118. The minimum absolute atomic E-state index is 0.118. The van der Waals surface area contributed by atoms with Gasteiger partial charge < -0.3 is 0 Å². The van der Waals surface area contributed by atoms with Crippen molar-refractivity contribution in [1.82, 2.24) is 4.42 Å². The molecule has 1 aromatic carbocycles. The van der Waals surface area contributed by atoms with Crippen molar-refractivity contribution in [2.75, 3.05) is 0 Å². The highest BCUT2D eigenvalue weighted by Crippen LogP contribution is 2.29. The summed E-state index contributed by atoms with van der Waals surface area (Å²) in [6.45, 7) is 0.483. The fourth-order valence-electron chi connectivity index (χ4n) is 1.26. The summed E-state index contributed by atoms with van der Waals surface area (Å²) in [5, 5.41) is 0. The van der Waals surface area contributed by atoms with Gasteiger partial charge in [0.1, 0.15) is 0 Å². The molecule has 1 amide bonds. The second kappa shape index (κ2) is 2.75. The molecule has 0 saturated carbocycles. The highest BCUT2D eigenvalue weighted by atomic mass is 79.9. The smallest absolute Gasteiger partial charge is 0.268 e. The highest BCUT2D eigenvalue weighted by Gasteiger charge is 2.27. The van der Waals surface area contributed by atoms with E-state index in [2.05, 4.69) is 15.9 Å². The van der Waals surface area contributed by atoms with E-state index >= 15 is 0 Å². The lowest BCUT2D eigenvalue weighted by Gasteiger charge is -2.00. The molecule has 2 nitrogen and oxygen atoms in total. The number of rotatable bonds is 0. The van der Waals surface area contributed by atoms with Crippen molar-refractivity contribution in [2.24, 2.45) is 0 Å². The molecule has 0 radical (unpaired) electrons. The Hall–Kier alpha value is -0.540. The molecular formula is C8H5BrClNO. The van der Waals surface area contributed by atoms with Crippen molar-refractivity contribution < 1.29 is 4.79 Å². The van der Waals surface area contributed by atoms with Gasteiger partial charge in [-0.05, 0) is 17.7 Å². The standard InChI is InChI=1S/C8H5BrClNO/c9-7-3-1-2-5-6(7)4-11(10)8(5)12/h1-3H,4H2. The number of hydrogen-bond donors (Lipinski definition) is 0. The number of carbonyl (C=O) groups is 1. The molecule has 1 heterocycles. The average Bonchev–Trinajstić information content (AvgIpc) is 2.32. The third kappa shape index (κ3) is 1.04. The second-order valence-electron chi connectivity index (χ2n) is 2.59. The number of hydrogen-bond acceptors (Lipinski definition) is 1. The van der Waals surface area contributed by atoms with Crippen LogP contribution in [-0.2, 0) is 6.54 Å². The first kappa shape index (κ1) is 8.08. The highest BCUT2D eigenvalue weighted by molar-refractivity contribution is 9.10. The first-order chi connectivity index (χ1) is 5.70. The molecule has 0 bridgehead atoms. The molecular weight excluding hydrogens is 241 g/mol. The molecule has 1 aliphatic heterocycles. The molecule has 1 aromatic rings. The average molecular weight is 246 g/mol. The van der Waals surface area contributed by atoms with Gasteiger partial charge in [0.25, 0.3) is 5.91 Å². The Morgan fingerprint density at radius 2 is 2.25 bits per heavy atom. The monoisotopic (exact) mass is 245 g/mol. The molecule has 0 atom stereocenters. The van der Waals surface area contributed by atoms with Crippen LogP contribution in [0.25, 0.3) is 0 Å². The van der Waals surface area contributed by atoms with Crippen LogP contribution in [0, 0.1) is 0 Å². The Morgan fingerprint density at radius 1 is 1.50 bits per heavy atom. The van der Waals surface area contributed by atoms with Gasteiger partial charge >= 0.3 is 0 Å². The summed E-state index contributed by atoms with van der Waals surface area (Å²) in [6.07, 6.45) is 0. The first-order valence-electron chi connectivity index (χ1n) is 3.45. The largest absolute Gasteiger partial charge is 0.268 e. The molecule has 1 aliphatic rings. The number of halogens is 2. The molecule has 0 spiro atoms. The number of fused-ring (bicyclic) bond motifs is 1. The van der Waals surface area contributed by atoms with Gasteiger partial charge in [0, 0.05) is 21.8 Å². The van der Waals surface area contributed by atoms with Crippen molar-refractivity contribution >= 4 is 33.6 Å². The SMILES string of the molecule is O=C1c2cccc(Br)c2CN1Cl. The molecule has 0 N–H and O–H groups in total. The van der Waals surface area contributed by atoms with Gasteiger partial charge in [0.15, 0.2) is 0 Å². The third-order valence-electron chi connectivity index (χ3n) is 1.87. The van der Waals surface area contributed by atoms with Crippen LogP contribution in [-0.4, -0.2) is 10.3 Å². The fourth-order valence-corrected chi connectivity index (χ4v) is 1.96. The van der Waals surface area contributed by atoms with E-state index in [0.29, 0.717) is 12.1 Å². The van der Waals surface area contributed by atoms with E-state index < -0.39 is 0 Å². The molecule has 0 fully saturated rings. The lowest BCUT2D eigenvalue weighted by molar-refractivity contribution is 0.0881. The Labute approximate surface area is 83.4 Å². The van der Waals surface area contributed by atoms with Gasteiger partial charge in [-0.1, -0.05) is 22.0 Å². The summed E-state index contributed by atoms with van der Waals surface area (Å²) in [4.78, 5) is 11.3. The van der Waals surface area contributed by atoms with Gasteiger partial charge in [-0.3, -0.25) is 4.79 Å². The lowest BCUT2D eigenvalue weighted by atomic mass is 10.1. The van der Waals surface area contributed by atoms with E-state index in [-0.39, 0.29) is 5.91 Å². The van der Waals surface area contributed by atoms with Crippen LogP contribution >= 0.6 is 27.7 Å². The van der Waals surface area contributed by atoms with E-state index in [4.69, 9.17) is 11.8 Å². The van der Waals surface area contributed by atoms with Gasteiger partial charge in [-0.2, -0.15) is 0 Å². The Balaban J connectivity index is 2.61. The summed E-state index contributed by atoms with van der Waals surface area (Å²) < 4.78 is 2.13. The van der Waals surface area contributed by atoms with Crippen LogP contribution in [0.2, 0.25) is 0 Å². The summed E-state index contributed by atoms with van der Waals surface area (Å²) in [7, 11) is 0. The van der Waals surface area contributed by atoms with E-state index in [0.717, 1.165) is 10.0 Å². The summed E-state index contributed by atoms with van der Waals surface area (Å²) in [5.41, 5.74) is 1.66. The fraction of sp³-hybridized carbons (Fsp3) is 0.125. The second-order valence-corrected chi connectivity index (χ2v) is 3.85. The van der Waals surface area contributed by atoms with Gasteiger partial charge in [0.05, 0.1) is 6.54 Å². The Kier molecular flexibility index (Phi) is 1.85. The summed E-state index contributed by atoms with van der Waals surface area (Å²) in [5.74, 6) is -0.118. The van der Waals surface area contributed by atoms with E-state index in [1.807, 2.05) is 12.1 Å². The van der Waals surface area contributed by atoms with E-state index in [1.54, 1.807) is 6.07 Å². The first-order valence-corrected chi connectivity index (χ1v) is 4.58. The maximum atomic E-state index is 11.3. The minimum Gasteiger partial charge on any atom is -0.268 e. The maximum absolute atomic E-state index is 11.3. The number of nitrogens with zero attached hydrogens (tertiary/aromatic N) is 1. The van der Waals surface area contributed by atoms with Gasteiger partial charge in [-0.15, -0.1) is 0 Å².